The summed E-state index contributed by atoms with van der Waals surface area (Å²) >= 11 is 3.44. The van der Waals surface area contributed by atoms with Gasteiger partial charge in [0.25, 0.3) is 0 Å². The summed E-state index contributed by atoms with van der Waals surface area (Å²) in [6, 6.07) is 8.10. The molecule has 0 bridgehead atoms. The molecule has 0 aliphatic heterocycles. The third-order valence-electron chi connectivity index (χ3n) is 3.54. The highest BCUT2D eigenvalue weighted by Gasteiger charge is 2.22. The SMILES string of the molecule is Brc1ccc(-n2nnnc2C2CCCCC2)cc1. The summed E-state index contributed by atoms with van der Waals surface area (Å²) in [5, 5.41) is 12.2. The van der Waals surface area contributed by atoms with Crippen molar-refractivity contribution in [2.75, 3.05) is 0 Å². The van der Waals surface area contributed by atoms with Crippen LogP contribution >= 0.6 is 15.9 Å². The van der Waals surface area contributed by atoms with E-state index in [4.69, 9.17) is 0 Å². The van der Waals surface area contributed by atoms with Crippen LogP contribution in [0.2, 0.25) is 0 Å². The monoisotopic (exact) mass is 306 g/mol. The first-order valence-corrected chi connectivity index (χ1v) is 7.18. The number of hydrogen-bond donors (Lipinski definition) is 0. The Bertz CT molecular complexity index is 514. The first kappa shape index (κ1) is 11.8. The molecular formula is C13H15BrN4. The van der Waals surface area contributed by atoms with E-state index in [2.05, 4.69) is 31.5 Å². The summed E-state index contributed by atoms with van der Waals surface area (Å²) < 4.78 is 2.95. The standard InChI is InChI=1S/C13H15BrN4/c14-11-6-8-12(9-7-11)18-13(15-16-17-18)10-4-2-1-3-5-10/h6-10H,1-5H2. The molecule has 1 aliphatic carbocycles. The molecule has 5 heteroatoms. The van der Waals surface area contributed by atoms with Crippen LogP contribution in [0.4, 0.5) is 0 Å². The van der Waals surface area contributed by atoms with Crippen molar-refractivity contribution < 1.29 is 0 Å². The van der Waals surface area contributed by atoms with Gasteiger partial charge in [-0.15, -0.1) is 5.10 Å². The van der Waals surface area contributed by atoms with Gasteiger partial charge in [0.1, 0.15) is 0 Å². The van der Waals surface area contributed by atoms with Crippen molar-refractivity contribution >= 4 is 15.9 Å². The predicted molar refractivity (Wildman–Crippen MR) is 72.7 cm³/mol. The molecule has 1 heterocycles. The molecule has 94 valence electrons. The molecule has 1 aliphatic rings. The lowest BCUT2D eigenvalue weighted by molar-refractivity contribution is 0.422. The van der Waals surface area contributed by atoms with Crippen LogP contribution < -0.4 is 0 Å². The normalized spacial score (nSPS) is 16.9. The van der Waals surface area contributed by atoms with Gasteiger partial charge in [0.15, 0.2) is 5.82 Å². The van der Waals surface area contributed by atoms with Gasteiger partial charge in [-0.3, -0.25) is 0 Å². The van der Waals surface area contributed by atoms with Crippen LogP contribution in [0.1, 0.15) is 43.8 Å². The third kappa shape index (κ3) is 2.32. The first-order chi connectivity index (χ1) is 8.84. The Hall–Kier alpha value is -1.23. The molecule has 2 aromatic rings. The van der Waals surface area contributed by atoms with E-state index in [-0.39, 0.29) is 0 Å². The van der Waals surface area contributed by atoms with Gasteiger partial charge < -0.3 is 0 Å². The molecule has 0 spiro atoms. The average Bonchev–Trinajstić information content (AvgIpc) is 2.90. The highest BCUT2D eigenvalue weighted by Crippen LogP contribution is 2.31. The minimum absolute atomic E-state index is 0.511. The lowest BCUT2D eigenvalue weighted by Gasteiger charge is -2.20. The van der Waals surface area contributed by atoms with Gasteiger partial charge in [0.05, 0.1) is 5.69 Å². The molecule has 1 aromatic carbocycles. The van der Waals surface area contributed by atoms with Crippen LogP contribution in [0.15, 0.2) is 28.7 Å². The van der Waals surface area contributed by atoms with E-state index >= 15 is 0 Å². The highest BCUT2D eigenvalue weighted by molar-refractivity contribution is 9.10. The quantitative estimate of drug-likeness (QED) is 0.853. The minimum atomic E-state index is 0.511. The Balaban J connectivity index is 1.93. The maximum absolute atomic E-state index is 4.23. The number of hydrogen-bond acceptors (Lipinski definition) is 3. The number of benzene rings is 1. The van der Waals surface area contributed by atoms with Gasteiger partial charge in [-0.1, -0.05) is 35.2 Å². The fourth-order valence-corrected chi connectivity index (χ4v) is 2.84. The molecule has 0 saturated heterocycles. The average molecular weight is 307 g/mol. The van der Waals surface area contributed by atoms with Gasteiger partial charge in [-0.2, -0.15) is 4.68 Å². The first-order valence-electron chi connectivity index (χ1n) is 6.39. The zero-order chi connectivity index (χ0) is 12.4. The molecule has 0 atom stereocenters. The zero-order valence-corrected chi connectivity index (χ0v) is 11.7. The highest BCUT2D eigenvalue weighted by atomic mass is 79.9. The molecule has 0 amide bonds. The van der Waals surface area contributed by atoms with E-state index in [1.165, 1.54) is 32.1 Å². The Morgan fingerprint density at radius 1 is 1.06 bits per heavy atom. The maximum Gasteiger partial charge on any atom is 0.159 e. The van der Waals surface area contributed by atoms with Gasteiger partial charge in [-0.25, -0.2) is 0 Å². The maximum atomic E-state index is 4.23. The molecule has 3 rings (SSSR count). The van der Waals surface area contributed by atoms with Gasteiger partial charge in [0, 0.05) is 10.4 Å². The van der Waals surface area contributed by atoms with Crippen molar-refractivity contribution in [3.05, 3.63) is 34.6 Å². The summed E-state index contributed by atoms with van der Waals surface area (Å²) in [4.78, 5) is 0. The third-order valence-corrected chi connectivity index (χ3v) is 4.06. The summed E-state index contributed by atoms with van der Waals surface area (Å²) in [5.74, 6) is 1.52. The predicted octanol–water partition coefficient (Wildman–Crippen LogP) is 3.47. The van der Waals surface area contributed by atoms with Crippen LogP contribution in [-0.4, -0.2) is 20.2 Å². The molecule has 0 N–H and O–H groups in total. The molecule has 0 unspecified atom stereocenters. The van der Waals surface area contributed by atoms with E-state index in [1.807, 2.05) is 28.9 Å². The second-order valence-electron chi connectivity index (χ2n) is 4.76. The molecule has 1 fully saturated rings. The number of rotatable bonds is 2. The van der Waals surface area contributed by atoms with E-state index in [0.29, 0.717) is 5.92 Å². The van der Waals surface area contributed by atoms with Crippen molar-refractivity contribution in [3.8, 4) is 5.69 Å². The molecular weight excluding hydrogens is 292 g/mol. The van der Waals surface area contributed by atoms with Gasteiger partial charge in [0.2, 0.25) is 0 Å². The van der Waals surface area contributed by atoms with Gasteiger partial charge in [-0.05, 0) is 47.5 Å². The number of halogens is 1. The second kappa shape index (κ2) is 5.18. The lowest BCUT2D eigenvalue weighted by atomic mass is 9.89. The molecule has 4 nitrogen and oxygen atoms in total. The number of aromatic nitrogens is 4. The summed E-state index contributed by atoms with van der Waals surface area (Å²) in [6.45, 7) is 0. The Morgan fingerprint density at radius 3 is 2.50 bits per heavy atom. The van der Waals surface area contributed by atoms with Crippen molar-refractivity contribution in [1.29, 1.82) is 0 Å². The molecule has 1 aromatic heterocycles. The fourth-order valence-electron chi connectivity index (χ4n) is 2.58. The largest absolute Gasteiger partial charge is 0.197 e. The number of nitrogens with zero attached hydrogens (tertiary/aromatic N) is 4. The van der Waals surface area contributed by atoms with E-state index in [9.17, 15) is 0 Å². The van der Waals surface area contributed by atoms with Gasteiger partial charge >= 0.3 is 0 Å². The molecule has 0 radical (unpaired) electrons. The van der Waals surface area contributed by atoms with Crippen LogP contribution in [0, 0.1) is 0 Å². The van der Waals surface area contributed by atoms with Crippen molar-refractivity contribution in [3.63, 3.8) is 0 Å². The second-order valence-corrected chi connectivity index (χ2v) is 5.68. The van der Waals surface area contributed by atoms with Crippen LogP contribution in [-0.2, 0) is 0 Å². The Morgan fingerprint density at radius 2 is 1.78 bits per heavy atom. The molecule has 1 saturated carbocycles. The van der Waals surface area contributed by atoms with E-state index < -0.39 is 0 Å². The smallest absolute Gasteiger partial charge is 0.159 e. The fraction of sp³-hybridized carbons (Fsp3) is 0.462. The lowest BCUT2D eigenvalue weighted by Crippen LogP contribution is -2.12. The Kier molecular flexibility index (Phi) is 3.41. The zero-order valence-electron chi connectivity index (χ0n) is 10.1. The topological polar surface area (TPSA) is 43.6 Å². The minimum Gasteiger partial charge on any atom is -0.197 e. The van der Waals surface area contributed by atoms with Crippen molar-refractivity contribution in [2.45, 2.75) is 38.0 Å². The summed E-state index contributed by atoms with van der Waals surface area (Å²) in [6.07, 6.45) is 6.33. The van der Waals surface area contributed by atoms with E-state index in [1.54, 1.807) is 0 Å². The molecule has 18 heavy (non-hydrogen) atoms. The van der Waals surface area contributed by atoms with E-state index in [0.717, 1.165) is 16.0 Å². The van der Waals surface area contributed by atoms with Crippen LogP contribution in [0.25, 0.3) is 5.69 Å². The van der Waals surface area contributed by atoms with Crippen LogP contribution in [0.5, 0.6) is 0 Å². The van der Waals surface area contributed by atoms with Crippen molar-refractivity contribution in [1.82, 2.24) is 20.2 Å². The summed E-state index contributed by atoms with van der Waals surface area (Å²) in [7, 11) is 0. The Labute approximate surface area is 115 Å². The summed E-state index contributed by atoms with van der Waals surface area (Å²) in [5.41, 5.74) is 1.03. The number of tetrazole rings is 1. The van der Waals surface area contributed by atoms with Crippen molar-refractivity contribution in [2.24, 2.45) is 0 Å². The van der Waals surface area contributed by atoms with Crippen LogP contribution in [0.3, 0.4) is 0 Å².